The minimum absolute atomic E-state index is 0. The first-order valence-electron chi connectivity index (χ1n) is 8.41. The van der Waals surface area contributed by atoms with Crippen molar-refractivity contribution >= 4 is 48.9 Å². The van der Waals surface area contributed by atoms with Crippen molar-refractivity contribution < 1.29 is 0 Å². The first kappa shape index (κ1) is 25.5. The Morgan fingerprint density at radius 3 is 1.00 bits per heavy atom. The third-order valence-electron chi connectivity index (χ3n) is 3.21. The second kappa shape index (κ2) is 27.8. The van der Waals surface area contributed by atoms with Gasteiger partial charge in [-0.2, -0.15) is 12.8 Å². The summed E-state index contributed by atoms with van der Waals surface area (Å²) in [5.74, 6) is 0. The molecule has 1 heteroatoms. The fraction of sp³-hybridized carbons (Fsp3) is 0.889. The number of hydrogen-bond donors (Lipinski definition) is 0. The molecule has 0 aliphatic heterocycles. The zero-order valence-electron chi connectivity index (χ0n) is 14.0. The van der Waals surface area contributed by atoms with Gasteiger partial charge >= 0.3 is 48.9 Å². The molecule has 0 amide bonds. The average Bonchev–Trinajstić information content (AvgIpc) is 2.39. The van der Waals surface area contributed by atoms with Crippen molar-refractivity contribution in [1.29, 1.82) is 0 Å². The van der Waals surface area contributed by atoms with Crippen LogP contribution in [0.1, 0.15) is 104 Å². The normalized spacial score (nSPS) is 9.47. The SMILES string of the molecule is [Ba+2].[CH2-]CCCCCCCC.[CH2-]CCCCCCCC. The topological polar surface area (TPSA) is 0 Å². The van der Waals surface area contributed by atoms with Gasteiger partial charge in [0.2, 0.25) is 0 Å². The maximum Gasteiger partial charge on any atom is 2.00 e. The van der Waals surface area contributed by atoms with Crippen molar-refractivity contribution in [1.82, 2.24) is 0 Å². The fourth-order valence-electron chi connectivity index (χ4n) is 1.91. The molecule has 0 rings (SSSR count). The van der Waals surface area contributed by atoms with E-state index in [4.69, 9.17) is 0 Å². The molecule has 0 aromatic heterocycles. The van der Waals surface area contributed by atoms with Crippen molar-refractivity contribution in [2.45, 2.75) is 104 Å². The van der Waals surface area contributed by atoms with E-state index >= 15 is 0 Å². The van der Waals surface area contributed by atoms with E-state index in [1.54, 1.807) is 0 Å². The molecule has 0 aromatic carbocycles. The molecular formula is C18H38Ba. The van der Waals surface area contributed by atoms with Crippen LogP contribution >= 0.6 is 0 Å². The van der Waals surface area contributed by atoms with Crippen molar-refractivity contribution in [3.63, 3.8) is 0 Å². The van der Waals surface area contributed by atoms with E-state index < -0.39 is 0 Å². The van der Waals surface area contributed by atoms with Gasteiger partial charge in [0.15, 0.2) is 0 Å². The maximum atomic E-state index is 3.80. The molecule has 0 aromatic rings. The molecule has 0 aliphatic rings. The Kier molecular flexibility index (Phi) is 37.4. The van der Waals surface area contributed by atoms with E-state index in [1.165, 1.54) is 77.0 Å². The molecule has 0 heterocycles. The summed E-state index contributed by atoms with van der Waals surface area (Å²) in [6, 6.07) is 0. The standard InChI is InChI=1S/2C9H19.Ba/c2*1-3-5-7-9-8-6-4-2;/h2*1,3-9H2,2H3;/q2*-1;+2. The molecule has 0 bridgehead atoms. The monoisotopic (exact) mass is 392 g/mol. The van der Waals surface area contributed by atoms with E-state index in [1.807, 2.05) is 0 Å². The maximum absolute atomic E-state index is 3.80. The number of unbranched alkanes of at least 4 members (excludes halogenated alkanes) is 12. The van der Waals surface area contributed by atoms with Crippen LogP contribution in [0.25, 0.3) is 0 Å². The van der Waals surface area contributed by atoms with Crippen LogP contribution in [0.4, 0.5) is 0 Å². The molecule has 0 saturated carbocycles. The Morgan fingerprint density at radius 1 is 0.474 bits per heavy atom. The van der Waals surface area contributed by atoms with E-state index in [-0.39, 0.29) is 48.9 Å². The third-order valence-corrected chi connectivity index (χ3v) is 3.21. The molecule has 0 spiro atoms. The van der Waals surface area contributed by atoms with Crippen LogP contribution in [0, 0.1) is 13.8 Å². The van der Waals surface area contributed by atoms with Gasteiger partial charge in [-0.15, -0.1) is 0 Å². The number of rotatable bonds is 12. The molecule has 0 nitrogen and oxygen atoms in total. The van der Waals surface area contributed by atoms with Gasteiger partial charge in [-0.05, 0) is 0 Å². The molecule has 0 N–H and O–H groups in total. The molecule has 0 saturated heterocycles. The second-order valence-corrected chi connectivity index (χ2v) is 5.24. The minimum Gasteiger partial charge on any atom is -0.343 e. The molecule has 19 heavy (non-hydrogen) atoms. The van der Waals surface area contributed by atoms with Gasteiger partial charge in [-0.1, -0.05) is 90.9 Å². The van der Waals surface area contributed by atoms with Gasteiger partial charge < -0.3 is 13.8 Å². The smallest absolute Gasteiger partial charge is 0.343 e. The Hall–Kier alpha value is 1.57. The van der Waals surface area contributed by atoms with Gasteiger partial charge in [0.25, 0.3) is 0 Å². The largest absolute Gasteiger partial charge is 2.00 e. The van der Waals surface area contributed by atoms with Gasteiger partial charge in [0, 0.05) is 0 Å². The molecule has 0 atom stereocenters. The minimum atomic E-state index is 0. The van der Waals surface area contributed by atoms with Crippen molar-refractivity contribution in [2.75, 3.05) is 0 Å². The van der Waals surface area contributed by atoms with Gasteiger partial charge in [-0.25, -0.2) is 0 Å². The Morgan fingerprint density at radius 2 is 0.737 bits per heavy atom. The van der Waals surface area contributed by atoms with Gasteiger partial charge in [-0.3, -0.25) is 0 Å². The van der Waals surface area contributed by atoms with Crippen LogP contribution in [0.15, 0.2) is 0 Å². The van der Waals surface area contributed by atoms with Crippen LogP contribution in [-0.4, -0.2) is 48.9 Å². The van der Waals surface area contributed by atoms with Crippen LogP contribution in [0.5, 0.6) is 0 Å². The molecule has 0 radical (unpaired) electrons. The molecular weight excluding hydrogens is 354 g/mol. The van der Waals surface area contributed by atoms with Crippen molar-refractivity contribution in [3.8, 4) is 0 Å². The number of hydrogen-bond acceptors (Lipinski definition) is 0. The van der Waals surface area contributed by atoms with Crippen LogP contribution in [0.3, 0.4) is 0 Å². The van der Waals surface area contributed by atoms with Crippen molar-refractivity contribution in [3.05, 3.63) is 13.8 Å². The fourth-order valence-corrected chi connectivity index (χ4v) is 1.91. The summed E-state index contributed by atoms with van der Waals surface area (Å²) in [5.41, 5.74) is 0. The van der Waals surface area contributed by atoms with Crippen LogP contribution in [-0.2, 0) is 0 Å². The van der Waals surface area contributed by atoms with Crippen LogP contribution < -0.4 is 0 Å². The Bertz CT molecular complexity index is 86.3. The van der Waals surface area contributed by atoms with E-state index in [2.05, 4.69) is 27.7 Å². The van der Waals surface area contributed by atoms with Gasteiger partial charge in [0.1, 0.15) is 0 Å². The van der Waals surface area contributed by atoms with Crippen LogP contribution in [0.2, 0.25) is 0 Å². The quantitative estimate of drug-likeness (QED) is 0.196. The summed E-state index contributed by atoms with van der Waals surface area (Å²) in [6.07, 6.45) is 18.9. The Labute approximate surface area is 165 Å². The van der Waals surface area contributed by atoms with E-state index in [9.17, 15) is 0 Å². The molecule has 0 unspecified atom stereocenters. The summed E-state index contributed by atoms with van der Waals surface area (Å²) < 4.78 is 0. The predicted octanol–water partition coefficient (Wildman–Crippen LogP) is 6.76. The molecule has 112 valence electrons. The zero-order chi connectivity index (χ0) is 13.9. The van der Waals surface area contributed by atoms with Gasteiger partial charge in [0.05, 0.1) is 0 Å². The molecule has 0 aliphatic carbocycles. The summed E-state index contributed by atoms with van der Waals surface area (Å²) in [4.78, 5) is 0. The Balaban J connectivity index is -0.000000256. The second-order valence-electron chi connectivity index (χ2n) is 5.24. The average molecular weight is 392 g/mol. The summed E-state index contributed by atoms with van der Waals surface area (Å²) in [6.45, 7) is 12.1. The zero-order valence-corrected chi connectivity index (χ0v) is 18.5. The van der Waals surface area contributed by atoms with E-state index in [0.29, 0.717) is 0 Å². The molecule has 0 fully saturated rings. The predicted molar refractivity (Wildman–Crippen MR) is 92.5 cm³/mol. The first-order valence-corrected chi connectivity index (χ1v) is 8.41. The van der Waals surface area contributed by atoms with Crippen molar-refractivity contribution in [2.24, 2.45) is 0 Å². The summed E-state index contributed by atoms with van der Waals surface area (Å²) >= 11 is 0. The summed E-state index contributed by atoms with van der Waals surface area (Å²) in [7, 11) is 0. The van der Waals surface area contributed by atoms with E-state index in [0.717, 1.165) is 12.8 Å². The first-order chi connectivity index (χ1) is 8.83. The third kappa shape index (κ3) is 32.8. The summed E-state index contributed by atoms with van der Waals surface area (Å²) in [5, 5.41) is 0.